The minimum absolute atomic E-state index is 0.206. The van der Waals surface area contributed by atoms with Crippen molar-refractivity contribution in [3.05, 3.63) is 41.5 Å². The molecule has 1 fully saturated rings. The van der Waals surface area contributed by atoms with Gasteiger partial charge in [0.15, 0.2) is 0 Å². The molecule has 7 nitrogen and oxygen atoms in total. The van der Waals surface area contributed by atoms with E-state index < -0.39 is 0 Å². The summed E-state index contributed by atoms with van der Waals surface area (Å²) >= 11 is 0. The number of carbonyl (C=O) groups excluding carboxylic acids is 1. The number of carbonyl (C=O) groups is 1. The van der Waals surface area contributed by atoms with Gasteiger partial charge in [-0.2, -0.15) is 0 Å². The lowest BCUT2D eigenvalue weighted by Crippen LogP contribution is -2.41. The van der Waals surface area contributed by atoms with Crippen LogP contribution in [0.1, 0.15) is 22.0 Å². The maximum Gasteiger partial charge on any atom is 0.291 e. The molecule has 0 atom stereocenters. The highest BCUT2D eigenvalue weighted by Gasteiger charge is 2.16. The second kappa shape index (κ2) is 7.55. The molecular formula is C17H23N5O2. The van der Waals surface area contributed by atoms with Crippen molar-refractivity contribution in [3.63, 3.8) is 0 Å². The van der Waals surface area contributed by atoms with Crippen LogP contribution in [0.15, 0.2) is 24.3 Å². The van der Waals surface area contributed by atoms with Gasteiger partial charge in [-0.15, -0.1) is 5.10 Å². The number of benzene rings is 1. The van der Waals surface area contributed by atoms with Gasteiger partial charge in [-0.3, -0.25) is 9.69 Å². The first kappa shape index (κ1) is 16.6. The van der Waals surface area contributed by atoms with Crippen LogP contribution in [-0.2, 0) is 4.74 Å². The lowest BCUT2D eigenvalue weighted by Gasteiger charge is -2.26. The monoisotopic (exact) mass is 329 g/mol. The molecule has 0 radical (unpaired) electrons. The summed E-state index contributed by atoms with van der Waals surface area (Å²) in [6.07, 6.45) is 0. The Balaban J connectivity index is 1.61. The number of aromatic nitrogens is 3. The van der Waals surface area contributed by atoms with E-state index >= 15 is 0 Å². The molecule has 1 aliphatic rings. The average Bonchev–Trinajstić information content (AvgIpc) is 2.98. The summed E-state index contributed by atoms with van der Waals surface area (Å²) in [6.45, 7) is 8.60. The minimum Gasteiger partial charge on any atom is -0.379 e. The number of hydrogen-bond donors (Lipinski definition) is 1. The van der Waals surface area contributed by atoms with Gasteiger partial charge < -0.3 is 10.1 Å². The van der Waals surface area contributed by atoms with Crippen molar-refractivity contribution in [3.8, 4) is 5.69 Å². The third-order valence-electron chi connectivity index (χ3n) is 4.13. The molecule has 0 aliphatic carbocycles. The van der Waals surface area contributed by atoms with Crippen molar-refractivity contribution >= 4 is 5.91 Å². The molecule has 24 heavy (non-hydrogen) atoms. The largest absolute Gasteiger partial charge is 0.379 e. The summed E-state index contributed by atoms with van der Waals surface area (Å²) in [5.41, 5.74) is 2.03. The molecule has 1 amide bonds. The Kier molecular flexibility index (Phi) is 5.22. The summed E-state index contributed by atoms with van der Waals surface area (Å²) in [5.74, 6) is 0.666. The number of amides is 1. The summed E-state index contributed by atoms with van der Waals surface area (Å²) < 4.78 is 7.03. The normalized spacial score (nSPS) is 15.4. The molecule has 1 aromatic carbocycles. The van der Waals surface area contributed by atoms with Gasteiger partial charge in [-0.1, -0.05) is 18.2 Å². The summed E-state index contributed by atoms with van der Waals surface area (Å²) in [7, 11) is 0. The molecular weight excluding hydrogens is 306 g/mol. The zero-order valence-electron chi connectivity index (χ0n) is 14.2. The van der Waals surface area contributed by atoms with Gasteiger partial charge in [0.1, 0.15) is 5.82 Å². The van der Waals surface area contributed by atoms with Crippen molar-refractivity contribution in [2.24, 2.45) is 0 Å². The van der Waals surface area contributed by atoms with Gasteiger partial charge in [0, 0.05) is 26.2 Å². The number of aryl methyl sites for hydroxylation is 2. The van der Waals surface area contributed by atoms with Crippen LogP contribution in [0.4, 0.5) is 0 Å². The number of rotatable bonds is 5. The number of morpholine rings is 1. The van der Waals surface area contributed by atoms with E-state index in [9.17, 15) is 4.79 Å². The maximum atomic E-state index is 12.3. The van der Waals surface area contributed by atoms with Crippen LogP contribution in [0.5, 0.6) is 0 Å². The van der Waals surface area contributed by atoms with Crippen LogP contribution in [-0.4, -0.2) is 65.0 Å². The Morgan fingerprint density at radius 1 is 1.25 bits per heavy atom. The fourth-order valence-corrected chi connectivity index (χ4v) is 2.75. The minimum atomic E-state index is -0.237. The molecule has 0 saturated carbocycles. The lowest BCUT2D eigenvalue weighted by atomic mass is 10.2. The van der Waals surface area contributed by atoms with Crippen LogP contribution in [0, 0.1) is 13.8 Å². The van der Waals surface area contributed by atoms with E-state index in [4.69, 9.17) is 4.74 Å². The van der Waals surface area contributed by atoms with Gasteiger partial charge in [0.2, 0.25) is 5.82 Å². The highest BCUT2D eigenvalue weighted by atomic mass is 16.5. The van der Waals surface area contributed by atoms with Crippen LogP contribution in [0.2, 0.25) is 0 Å². The fourth-order valence-electron chi connectivity index (χ4n) is 2.75. The quantitative estimate of drug-likeness (QED) is 0.884. The molecule has 1 aliphatic heterocycles. The Bertz CT molecular complexity index is 707. The molecule has 0 spiro atoms. The van der Waals surface area contributed by atoms with Crippen LogP contribution >= 0.6 is 0 Å². The molecule has 3 rings (SSSR count). The topological polar surface area (TPSA) is 72.3 Å². The zero-order chi connectivity index (χ0) is 16.9. The van der Waals surface area contributed by atoms with Crippen LogP contribution in [0.25, 0.3) is 5.69 Å². The van der Waals surface area contributed by atoms with Gasteiger partial charge in [0.05, 0.1) is 18.9 Å². The number of hydrogen-bond acceptors (Lipinski definition) is 5. The van der Waals surface area contributed by atoms with Gasteiger partial charge >= 0.3 is 0 Å². The molecule has 1 N–H and O–H groups in total. The van der Waals surface area contributed by atoms with E-state index in [1.165, 1.54) is 0 Å². The standard InChI is InChI=1S/C17H23N5O2/c1-13-5-3-4-6-15(13)22-14(2)19-16(20-22)17(23)18-7-8-21-9-11-24-12-10-21/h3-6H,7-12H2,1-2H3,(H,18,23). The number of nitrogens with one attached hydrogen (secondary N) is 1. The molecule has 0 unspecified atom stereocenters. The van der Waals surface area contributed by atoms with Crippen LogP contribution < -0.4 is 5.32 Å². The van der Waals surface area contributed by atoms with Crippen LogP contribution in [0.3, 0.4) is 0 Å². The maximum absolute atomic E-state index is 12.3. The number of nitrogens with zero attached hydrogens (tertiary/aromatic N) is 4. The summed E-state index contributed by atoms with van der Waals surface area (Å²) in [6, 6.07) is 7.91. The molecule has 0 bridgehead atoms. The van der Waals surface area contributed by atoms with Crippen molar-refractivity contribution in [1.82, 2.24) is 25.0 Å². The highest BCUT2D eigenvalue weighted by Crippen LogP contribution is 2.14. The second-order valence-electron chi connectivity index (χ2n) is 5.89. The predicted octanol–water partition coefficient (Wildman–Crippen LogP) is 0.946. The van der Waals surface area contributed by atoms with Crippen molar-refractivity contribution < 1.29 is 9.53 Å². The van der Waals surface area contributed by atoms with Gasteiger partial charge in [-0.25, -0.2) is 9.67 Å². The van der Waals surface area contributed by atoms with Gasteiger partial charge in [0.25, 0.3) is 5.91 Å². The Morgan fingerprint density at radius 3 is 2.75 bits per heavy atom. The number of ether oxygens (including phenoxy) is 1. The highest BCUT2D eigenvalue weighted by molar-refractivity contribution is 5.90. The molecule has 2 aromatic rings. The molecule has 1 saturated heterocycles. The molecule has 128 valence electrons. The van der Waals surface area contributed by atoms with E-state index in [0.29, 0.717) is 12.4 Å². The lowest BCUT2D eigenvalue weighted by molar-refractivity contribution is 0.0383. The van der Waals surface area contributed by atoms with Gasteiger partial charge in [-0.05, 0) is 25.5 Å². The Morgan fingerprint density at radius 2 is 2.00 bits per heavy atom. The Hall–Kier alpha value is -2.25. The summed E-state index contributed by atoms with van der Waals surface area (Å²) in [4.78, 5) is 18.8. The third kappa shape index (κ3) is 3.80. The van der Waals surface area contributed by atoms with Crippen molar-refractivity contribution in [2.75, 3.05) is 39.4 Å². The summed E-state index contributed by atoms with van der Waals surface area (Å²) in [5, 5.41) is 7.26. The van der Waals surface area contributed by atoms with E-state index in [0.717, 1.165) is 44.1 Å². The zero-order valence-corrected chi connectivity index (χ0v) is 14.2. The third-order valence-corrected chi connectivity index (χ3v) is 4.13. The Labute approximate surface area is 141 Å². The van der Waals surface area contributed by atoms with E-state index in [1.807, 2.05) is 38.1 Å². The number of para-hydroxylation sites is 1. The van der Waals surface area contributed by atoms with Crippen molar-refractivity contribution in [1.29, 1.82) is 0 Å². The molecule has 1 aromatic heterocycles. The van der Waals surface area contributed by atoms with E-state index in [2.05, 4.69) is 20.3 Å². The average molecular weight is 329 g/mol. The first-order valence-electron chi connectivity index (χ1n) is 8.23. The predicted molar refractivity (Wildman–Crippen MR) is 90.4 cm³/mol. The van der Waals surface area contributed by atoms with E-state index in [-0.39, 0.29) is 11.7 Å². The molecule has 2 heterocycles. The smallest absolute Gasteiger partial charge is 0.291 e. The molecule has 7 heteroatoms. The van der Waals surface area contributed by atoms with Crippen molar-refractivity contribution in [2.45, 2.75) is 13.8 Å². The SMILES string of the molecule is Cc1ccccc1-n1nc(C(=O)NCCN2CCOCC2)nc1C. The second-order valence-corrected chi connectivity index (χ2v) is 5.89. The fraction of sp³-hybridized carbons (Fsp3) is 0.471. The van der Waals surface area contributed by atoms with E-state index in [1.54, 1.807) is 4.68 Å². The first-order chi connectivity index (χ1) is 11.6. The first-order valence-corrected chi connectivity index (χ1v) is 8.23.